The minimum atomic E-state index is -0.499. The van der Waals surface area contributed by atoms with Gasteiger partial charge in [0.2, 0.25) is 0 Å². The first-order valence-corrected chi connectivity index (χ1v) is 6.09. The number of esters is 1. The second-order valence-corrected chi connectivity index (χ2v) is 4.28. The van der Waals surface area contributed by atoms with Crippen molar-refractivity contribution in [1.29, 1.82) is 0 Å². The number of halogens is 1. The monoisotopic (exact) mass is 290 g/mol. The van der Waals surface area contributed by atoms with Crippen LogP contribution in [0.1, 0.15) is 20.7 Å². The van der Waals surface area contributed by atoms with E-state index in [0.717, 1.165) is 0 Å². The lowest BCUT2D eigenvalue weighted by atomic mass is 10.2. The predicted molar refractivity (Wildman–Crippen MR) is 75.0 cm³/mol. The van der Waals surface area contributed by atoms with Crippen molar-refractivity contribution in [2.24, 2.45) is 0 Å². The maximum atomic E-state index is 12.0. The van der Waals surface area contributed by atoms with Gasteiger partial charge in [-0.3, -0.25) is 9.78 Å². The zero-order valence-corrected chi connectivity index (χ0v) is 11.3. The van der Waals surface area contributed by atoms with Crippen LogP contribution in [0.3, 0.4) is 0 Å². The molecule has 0 unspecified atom stereocenters. The number of carbonyl (C=O) groups excluding carboxylic acids is 2. The number of aromatic nitrogens is 1. The molecule has 5 nitrogen and oxygen atoms in total. The molecule has 0 fully saturated rings. The summed E-state index contributed by atoms with van der Waals surface area (Å²) in [6.07, 6.45) is 3.03. The van der Waals surface area contributed by atoms with Crippen molar-refractivity contribution >= 4 is 29.2 Å². The Morgan fingerprint density at radius 2 is 1.85 bits per heavy atom. The smallest absolute Gasteiger partial charge is 0.337 e. The molecule has 102 valence electrons. The summed E-state index contributed by atoms with van der Waals surface area (Å²) >= 11 is 6.00. The van der Waals surface area contributed by atoms with Crippen LogP contribution in [-0.4, -0.2) is 24.0 Å². The largest absolute Gasteiger partial charge is 0.465 e. The Labute approximate surface area is 120 Å². The molecule has 0 atom stereocenters. The fraction of sp³-hybridized carbons (Fsp3) is 0.0714. The van der Waals surface area contributed by atoms with Gasteiger partial charge in [0.05, 0.1) is 23.4 Å². The first-order valence-electron chi connectivity index (χ1n) is 5.71. The lowest BCUT2D eigenvalue weighted by Crippen LogP contribution is -2.13. The van der Waals surface area contributed by atoms with Gasteiger partial charge < -0.3 is 10.1 Å². The number of nitrogens with zero attached hydrogens (tertiary/aromatic N) is 1. The van der Waals surface area contributed by atoms with Crippen LogP contribution in [0.5, 0.6) is 0 Å². The Morgan fingerprint density at radius 1 is 1.15 bits per heavy atom. The molecule has 1 aromatic carbocycles. The van der Waals surface area contributed by atoms with E-state index in [0.29, 0.717) is 21.8 Å². The molecule has 0 aliphatic rings. The predicted octanol–water partition coefficient (Wildman–Crippen LogP) is 2.77. The number of rotatable bonds is 3. The average Bonchev–Trinajstić information content (AvgIpc) is 2.49. The Bertz CT molecular complexity index is 644. The van der Waals surface area contributed by atoms with Crippen LogP contribution in [-0.2, 0) is 4.74 Å². The Hall–Kier alpha value is -2.40. The fourth-order valence-electron chi connectivity index (χ4n) is 1.56. The summed E-state index contributed by atoms with van der Waals surface area (Å²) in [7, 11) is 1.28. The highest BCUT2D eigenvalue weighted by Gasteiger charge is 2.12. The quantitative estimate of drug-likeness (QED) is 0.883. The third-order valence-electron chi connectivity index (χ3n) is 2.58. The minimum Gasteiger partial charge on any atom is -0.465 e. The van der Waals surface area contributed by atoms with Gasteiger partial charge in [-0.05, 0) is 30.3 Å². The normalized spacial score (nSPS) is 9.90. The van der Waals surface area contributed by atoms with Crippen LogP contribution in [0, 0.1) is 0 Å². The van der Waals surface area contributed by atoms with Crippen LogP contribution < -0.4 is 5.32 Å². The van der Waals surface area contributed by atoms with Crippen LogP contribution in [0.4, 0.5) is 5.69 Å². The highest BCUT2D eigenvalue weighted by Crippen LogP contribution is 2.24. The average molecular weight is 291 g/mol. The van der Waals surface area contributed by atoms with Crippen molar-refractivity contribution in [2.75, 3.05) is 12.4 Å². The van der Waals surface area contributed by atoms with E-state index >= 15 is 0 Å². The molecule has 1 aromatic heterocycles. The van der Waals surface area contributed by atoms with Gasteiger partial charge in [0.1, 0.15) is 0 Å². The van der Waals surface area contributed by atoms with Crippen molar-refractivity contribution in [2.45, 2.75) is 0 Å². The second kappa shape index (κ2) is 6.16. The maximum absolute atomic E-state index is 12.0. The van der Waals surface area contributed by atoms with Crippen molar-refractivity contribution in [1.82, 2.24) is 4.98 Å². The topological polar surface area (TPSA) is 68.3 Å². The number of hydrogen-bond donors (Lipinski definition) is 1. The molecule has 20 heavy (non-hydrogen) atoms. The molecular formula is C14H11ClN2O3. The van der Waals surface area contributed by atoms with Crippen molar-refractivity contribution in [3.63, 3.8) is 0 Å². The Balaban J connectivity index is 2.25. The van der Waals surface area contributed by atoms with Crippen LogP contribution >= 0.6 is 11.6 Å². The number of nitrogens with one attached hydrogen (secondary N) is 1. The van der Waals surface area contributed by atoms with Crippen LogP contribution in [0.25, 0.3) is 0 Å². The summed E-state index contributed by atoms with van der Waals surface area (Å²) in [5.74, 6) is -0.836. The molecule has 0 radical (unpaired) electrons. The van der Waals surface area contributed by atoms with Gasteiger partial charge in [-0.25, -0.2) is 4.79 Å². The van der Waals surface area contributed by atoms with E-state index in [2.05, 4.69) is 15.0 Å². The van der Waals surface area contributed by atoms with E-state index in [1.165, 1.54) is 37.7 Å². The van der Waals surface area contributed by atoms with Gasteiger partial charge >= 0.3 is 5.97 Å². The fourth-order valence-corrected chi connectivity index (χ4v) is 1.73. The number of anilines is 1. The Kier molecular flexibility index (Phi) is 4.32. The third-order valence-corrected chi connectivity index (χ3v) is 2.91. The number of ether oxygens (including phenoxy) is 1. The van der Waals surface area contributed by atoms with Gasteiger partial charge in [-0.1, -0.05) is 11.6 Å². The molecular weight excluding hydrogens is 280 g/mol. The van der Waals surface area contributed by atoms with Crippen LogP contribution in [0.15, 0.2) is 42.7 Å². The molecule has 1 amide bonds. The summed E-state index contributed by atoms with van der Waals surface area (Å²) in [5, 5.41) is 2.97. The number of benzene rings is 1. The molecule has 0 saturated heterocycles. The zero-order valence-electron chi connectivity index (χ0n) is 10.6. The first-order chi connectivity index (χ1) is 9.61. The zero-order chi connectivity index (χ0) is 14.5. The molecule has 0 saturated carbocycles. The number of methoxy groups -OCH3 is 1. The van der Waals surface area contributed by atoms with Crippen molar-refractivity contribution in [3.05, 3.63) is 58.9 Å². The summed E-state index contributed by atoms with van der Waals surface area (Å²) in [4.78, 5) is 27.3. The molecule has 2 rings (SSSR count). The van der Waals surface area contributed by atoms with E-state index in [4.69, 9.17) is 11.6 Å². The van der Waals surface area contributed by atoms with Gasteiger partial charge in [0.15, 0.2) is 0 Å². The van der Waals surface area contributed by atoms with E-state index in [1.54, 1.807) is 12.1 Å². The highest BCUT2D eigenvalue weighted by molar-refractivity contribution is 6.34. The molecule has 0 aliphatic heterocycles. The van der Waals surface area contributed by atoms with E-state index < -0.39 is 5.97 Å². The Morgan fingerprint density at radius 3 is 2.50 bits per heavy atom. The molecule has 0 bridgehead atoms. The lowest BCUT2D eigenvalue weighted by Gasteiger charge is -2.08. The SMILES string of the molecule is COC(=O)c1ccc(Cl)c(NC(=O)c2ccncc2)c1. The van der Waals surface area contributed by atoms with E-state index in [9.17, 15) is 9.59 Å². The number of hydrogen-bond acceptors (Lipinski definition) is 4. The number of pyridine rings is 1. The first kappa shape index (κ1) is 14.0. The lowest BCUT2D eigenvalue weighted by molar-refractivity contribution is 0.0600. The molecule has 6 heteroatoms. The van der Waals surface area contributed by atoms with Crippen molar-refractivity contribution in [3.8, 4) is 0 Å². The van der Waals surface area contributed by atoms with Crippen LogP contribution in [0.2, 0.25) is 5.02 Å². The van der Waals surface area contributed by atoms with Gasteiger partial charge in [-0.2, -0.15) is 0 Å². The summed E-state index contributed by atoms with van der Waals surface area (Å²) < 4.78 is 4.62. The third kappa shape index (κ3) is 3.13. The second-order valence-electron chi connectivity index (χ2n) is 3.88. The van der Waals surface area contributed by atoms with E-state index in [1.807, 2.05) is 0 Å². The number of carbonyl (C=O) groups is 2. The minimum absolute atomic E-state index is 0.307. The van der Waals surface area contributed by atoms with Gasteiger partial charge in [-0.15, -0.1) is 0 Å². The molecule has 0 spiro atoms. The highest BCUT2D eigenvalue weighted by atomic mass is 35.5. The summed E-state index contributed by atoms with van der Waals surface area (Å²) in [5.41, 5.74) is 1.10. The molecule has 2 aromatic rings. The van der Waals surface area contributed by atoms with E-state index in [-0.39, 0.29) is 5.91 Å². The maximum Gasteiger partial charge on any atom is 0.337 e. The summed E-state index contributed by atoms with van der Waals surface area (Å²) in [6, 6.07) is 7.67. The number of amides is 1. The summed E-state index contributed by atoms with van der Waals surface area (Å²) in [6.45, 7) is 0. The molecule has 1 heterocycles. The molecule has 0 aliphatic carbocycles. The van der Waals surface area contributed by atoms with Crippen molar-refractivity contribution < 1.29 is 14.3 Å². The molecule has 1 N–H and O–H groups in total. The standard InChI is InChI=1S/C14H11ClN2O3/c1-20-14(19)10-2-3-11(15)12(8-10)17-13(18)9-4-6-16-7-5-9/h2-8H,1H3,(H,17,18). The van der Waals surface area contributed by atoms with Gasteiger partial charge in [0, 0.05) is 18.0 Å². The van der Waals surface area contributed by atoms with Gasteiger partial charge in [0.25, 0.3) is 5.91 Å².